The highest BCUT2D eigenvalue weighted by Crippen LogP contribution is 2.37. The Balaban J connectivity index is 1.58. The third-order valence-electron chi connectivity index (χ3n) is 5.49. The fourth-order valence-corrected chi connectivity index (χ4v) is 4.41. The first kappa shape index (κ1) is 20.0. The first-order chi connectivity index (χ1) is 12.9. The van der Waals surface area contributed by atoms with E-state index in [-0.39, 0.29) is 23.4 Å². The standard InChI is InChI=1S/C20H24Cl2N2O3/c1-24-17(13-6-2-3-7-13)16(18(25)20(24)27)19(26)23-10-4-5-12-8-9-14(21)15(22)11-12/h8-9,11,13,17,25H,2-7,10H2,1H3,(H,23,26). The minimum absolute atomic E-state index is 0.226. The van der Waals surface area contributed by atoms with Crippen LogP contribution < -0.4 is 5.32 Å². The van der Waals surface area contributed by atoms with Crippen molar-refractivity contribution in [2.45, 2.75) is 44.6 Å². The zero-order valence-electron chi connectivity index (χ0n) is 15.3. The fourth-order valence-electron chi connectivity index (χ4n) is 4.09. The smallest absolute Gasteiger partial charge is 0.289 e. The molecule has 0 aromatic heterocycles. The lowest BCUT2D eigenvalue weighted by atomic mass is 9.91. The second kappa shape index (κ2) is 8.53. The van der Waals surface area contributed by atoms with Crippen molar-refractivity contribution in [1.82, 2.24) is 10.2 Å². The number of hydrogen-bond acceptors (Lipinski definition) is 3. The van der Waals surface area contributed by atoms with Gasteiger partial charge in [0.05, 0.1) is 21.7 Å². The Morgan fingerprint density at radius 2 is 1.96 bits per heavy atom. The van der Waals surface area contributed by atoms with Gasteiger partial charge in [-0.05, 0) is 49.3 Å². The number of aryl methyl sites for hydroxylation is 1. The summed E-state index contributed by atoms with van der Waals surface area (Å²) in [6, 6.07) is 5.16. The second-order valence-corrected chi connectivity index (χ2v) is 8.09. The summed E-state index contributed by atoms with van der Waals surface area (Å²) in [6.45, 7) is 0.450. The average molecular weight is 411 g/mol. The second-order valence-electron chi connectivity index (χ2n) is 7.28. The minimum Gasteiger partial charge on any atom is -0.503 e. The fraction of sp³-hybridized carbons (Fsp3) is 0.500. The molecule has 3 rings (SSSR count). The van der Waals surface area contributed by atoms with Crippen LogP contribution in [0.2, 0.25) is 10.0 Å². The van der Waals surface area contributed by atoms with Crippen molar-refractivity contribution in [2.75, 3.05) is 13.6 Å². The molecule has 1 atom stereocenters. The van der Waals surface area contributed by atoms with Gasteiger partial charge in [-0.1, -0.05) is 42.1 Å². The molecule has 2 amide bonds. The molecule has 27 heavy (non-hydrogen) atoms. The quantitative estimate of drug-likeness (QED) is 0.698. The number of nitrogens with zero attached hydrogens (tertiary/aromatic N) is 1. The van der Waals surface area contributed by atoms with Crippen molar-refractivity contribution < 1.29 is 14.7 Å². The summed E-state index contributed by atoms with van der Waals surface area (Å²) in [6.07, 6.45) is 5.61. The van der Waals surface area contributed by atoms with Crippen LogP contribution in [0.25, 0.3) is 0 Å². The third-order valence-corrected chi connectivity index (χ3v) is 6.23. The van der Waals surface area contributed by atoms with Gasteiger partial charge >= 0.3 is 0 Å². The maximum absolute atomic E-state index is 12.7. The Labute approximate surface area is 169 Å². The summed E-state index contributed by atoms with van der Waals surface area (Å²) < 4.78 is 0. The molecule has 1 unspecified atom stereocenters. The van der Waals surface area contributed by atoms with E-state index >= 15 is 0 Å². The average Bonchev–Trinajstić information content (AvgIpc) is 3.24. The maximum atomic E-state index is 12.7. The van der Waals surface area contributed by atoms with Crippen LogP contribution >= 0.6 is 23.2 Å². The van der Waals surface area contributed by atoms with Crippen LogP contribution in [0.4, 0.5) is 0 Å². The Kier molecular flexibility index (Phi) is 6.33. The molecule has 1 heterocycles. The highest BCUT2D eigenvalue weighted by atomic mass is 35.5. The summed E-state index contributed by atoms with van der Waals surface area (Å²) >= 11 is 11.9. The number of aliphatic hydroxyl groups is 1. The van der Waals surface area contributed by atoms with Gasteiger partial charge < -0.3 is 15.3 Å². The zero-order valence-corrected chi connectivity index (χ0v) is 16.8. The molecular weight excluding hydrogens is 387 g/mol. The molecule has 1 aromatic rings. The Hall–Kier alpha value is -1.72. The minimum atomic E-state index is -0.465. The monoisotopic (exact) mass is 410 g/mol. The van der Waals surface area contributed by atoms with E-state index in [0.29, 0.717) is 16.6 Å². The van der Waals surface area contributed by atoms with Gasteiger partial charge in [0.25, 0.3) is 11.8 Å². The van der Waals surface area contributed by atoms with E-state index in [2.05, 4.69) is 5.32 Å². The number of amides is 2. The lowest BCUT2D eigenvalue weighted by molar-refractivity contribution is -0.128. The molecule has 2 N–H and O–H groups in total. The first-order valence-electron chi connectivity index (χ1n) is 9.32. The highest BCUT2D eigenvalue weighted by molar-refractivity contribution is 6.42. The summed E-state index contributed by atoms with van der Waals surface area (Å²) in [5.41, 5.74) is 1.27. The summed E-state index contributed by atoms with van der Waals surface area (Å²) in [4.78, 5) is 26.4. The van der Waals surface area contributed by atoms with Gasteiger partial charge in [-0.2, -0.15) is 0 Å². The number of hydrogen-bond donors (Lipinski definition) is 2. The first-order valence-corrected chi connectivity index (χ1v) is 10.1. The van der Waals surface area contributed by atoms with Gasteiger partial charge in [-0.3, -0.25) is 9.59 Å². The largest absolute Gasteiger partial charge is 0.503 e. The number of carbonyl (C=O) groups excluding carboxylic acids is 2. The zero-order chi connectivity index (χ0) is 19.6. The van der Waals surface area contributed by atoms with Gasteiger partial charge in [-0.15, -0.1) is 0 Å². The molecule has 1 fully saturated rings. The maximum Gasteiger partial charge on any atom is 0.289 e. The van der Waals surface area contributed by atoms with Crippen molar-refractivity contribution in [3.8, 4) is 0 Å². The van der Waals surface area contributed by atoms with Crippen LogP contribution in [-0.2, 0) is 16.0 Å². The van der Waals surface area contributed by atoms with E-state index in [1.54, 1.807) is 13.1 Å². The number of aliphatic hydroxyl groups excluding tert-OH is 1. The van der Waals surface area contributed by atoms with E-state index in [4.69, 9.17) is 23.2 Å². The molecule has 1 aromatic carbocycles. The molecule has 0 bridgehead atoms. The number of benzene rings is 1. The van der Waals surface area contributed by atoms with Crippen molar-refractivity contribution in [2.24, 2.45) is 5.92 Å². The molecule has 1 aliphatic carbocycles. The number of halogens is 2. The lowest BCUT2D eigenvalue weighted by Gasteiger charge is -2.27. The van der Waals surface area contributed by atoms with Crippen molar-refractivity contribution >= 4 is 35.0 Å². The molecular formula is C20H24Cl2N2O3. The van der Waals surface area contributed by atoms with E-state index < -0.39 is 11.7 Å². The number of rotatable bonds is 6. The van der Waals surface area contributed by atoms with Crippen LogP contribution in [0.15, 0.2) is 29.5 Å². The predicted molar refractivity (Wildman–Crippen MR) is 106 cm³/mol. The van der Waals surface area contributed by atoms with Gasteiger partial charge in [0.1, 0.15) is 0 Å². The molecule has 1 saturated carbocycles. The third kappa shape index (κ3) is 4.25. The molecule has 0 radical (unpaired) electrons. The van der Waals surface area contributed by atoms with Gasteiger partial charge in [0.2, 0.25) is 0 Å². The van der Waals surface area contributed by atoms with Crippen LogP contribution in [0.5, 0.6) is 0 Å². The molecule has 0 saturated heterocycles. The topological polar surface area (TPSA) is 69.6 Å². The van der Waals surface area contributed by atoms with E-state index in [0.717, 1.165) is 44.1 Å². The van der Waals surface area contributed by atoms with E-state index in [1.807, 2.05) is 12.1 Å². The van der Waals surface area contributed by atoms with Crippen LogP contribution in [0.3, 0.4) is 0 Å². The van der Waals surface area contributed by atoms with Gasteiger partial charge in [0.15, 0.2) is 5.76 Å². The van der Waals surface area contributed by atoms with Crippen molar-refractivity contribution in [3.05, 3.63) is 45.1 Å². The number of likely N-dealkylation sites (N-methyl/N-ethyl adjacent to an activating group) is 1. The summed E-state index contributed by atoms with van der Waals surface area (Å²) in [5.74, 6) is -0.985. The molecule has 2 aliphatic rings. The van der Waals surface area contributed by atoms with E-state index in [1.165, 1.54) is 4.90 Å². The summed E-state index contributed by atoms with van der Waals surface area (Å²) in [7, 11) is 1.66. The van der Waals surface area contributed by atoms with Crippen molar-refractivity contribution in [3.63, 3.8) is 0 Å². The van der Waals surface area contributed by atoms with E-state index in [9.17, 15) is 14.7 Å². The summed E-state index contributed by atoms with van der Waals surface area (Å²) in [5, 5.41) is 14.1. The highest BCUT2D eigenvalue weighted by Gasteiger charge is 2.45. The predicted octanol–water partition coefficient (Wildman–Crippen LogP) is 3.89. The molecule has 0 spiro atoms. The lowest BCUT2D eigenvalue weighted by Crippen LogP contribution is -2.40. The van der Waals surface area contributed by atoms with Gasteiger partial charge in [-0.25, -0.2) is 0 Å². The molecule has 1 aliphatic heterocycles. The van der Waals surface area contributed by atoms with Crippen LogP contribution in [0.1, 0.15) is 37.7 Å². The Morgan fingerprint density at radius 1 is 1.26 bits per heavy atom. The Bertz CT molecular complexity index is 772. The van der Waals surface area contributed by atoms with Crippen LogP contribution in [-0.4, -0.2) is 41.5 Å². The van der Waals surface area contributed by atoms with Crippen LogP contribution in [0, 0.1) is 5.92 Å². The SMILES string of the molecule is CN1C(=O)C(O)=C(C(=O)NCCCc2ccc(Cl)c(Cl)c2)C1C1CCCC1. The number of nitrogens with one attached hydrogen (secondary N) is 1. The van der Waals surface area contributed by atoms with Crippen molar-refractivity contribution in [1.29, 1.82) is 0 Å². The number of carbonyl (C=O) groups is 2. The Morgan fingerprint density at radius 3 is 2.63 bits per heavy atom. The molecule has 146 valence electrons. The normalized spacial score (nSPS) is 20.6. The van der Waals surface area contributed by atoms with Gasteiger partial charge in [0, 0.05) is 13.6 Å². The molecule has 7 heteroatoms. The molecule has 5 nitrogen and oxygen atoms in total.